The molecule has 0 aromatic carbocycles. The number of halogens is 1. The van der Waals surface area contributed by atoms with Gasteiger partial charge in [0.25, 0.3) is 5.91 Å². The first-order valence-electron chi connectivity index (χ1n) is 11.0. The molecule has 3 aromatic rings. The summed E-state index contributed by atoms with van der Waals surface area (Å²) in [6.45, 7) is 1.95. The van der Waals surface area contributed by atoms with Gasteiger partial charge in [0.15, 0.2) is 0 Å². The standard InChI is InChI=1S/C24H25FN4O2/c1-14-2-4-18-20(27-14)12-29(22(18)31)24-9-15-6-16(10-24)8-23(7-15,13-24)28-21(30)19-5-3-17(25)11-26-19/h2-5,11-12,15-16,31H,6-10,13H2,1H3,(H,28,30). The van der Waals surface area contributed by atoms with Gasteiger partial charge < -0.3 is 15.0 Å². The van der Waals surface area contributed by atoms with Gasteiger partial charge in [-0.15, -0.1) is 0 Å². The van der Waals surface area contributed by atoms with Gasteiger partial charge in [-0.1, -0.05) is 0 Å². The van der Waals surface area contributed by atoms with Gasteiger partial charge in [-0.05, 0) is 81.5 Å². The van der Waals surface area contributed by atoms with E-state index in [-0.39, 0.29) is 28.6 Å². The van der Waals surface area contributed by atoms with Gasteiger partial charge in [0.1, 0.15) is 11.5 Å². The maximum atomic E-state index is 13.2. The second-order valence-electron chi connectivity index (χ2n) is 9.99. The van der Waals surface area contributed by atoms with Gasteiger partial charge >= 0.3 is 0 Å². The van der Waals surface area contributed by atoms with E-state index >= 15 is 0 Å². The lowest BCUT2D eigenvalue weighted by Crippen LogP contribution is -2.65. The number of hydrogen-bond donors (Lipinski definition) is 2. The Morgan fingerprint density at radius 2 is 1.97 bits per heavy atom. The Hall–Kier alpha value is -2.96. The molecule has 4 fully saturated rings. The number of aromatic nitrogens is 3. The molecule has 0 aliphatic heterocycles. The zero-order chi connectivity index (χ0) is 21.4. The average Bonchev–Trinajstić information content (AvgIpc) is 3.03. The molecule has 1 amide bonds. The predicted molar refractivity (Wildman–Crippen MR) is 113 cm³/mol. The van der Waals surface area contributed by atoms with Crippen LogP contribution in [0.1, 0.15) is 54.7 Å². The van der Waals surface area contributed by atoms with Crippen LogP contribution in [0.3, 0.4) is 0 Å². The minimum absolute atomic E-state index is 0.230. The van der Waals surface area contributed by atoms with Crippen molar-refractivity contribution in [2.24, 2.45) is 11.8 Å². The summed E-state index contributed by atoms with van der Waals surface area (Å²) in [6.07, 6.45) is 8.90. The number of aromatic hydroxyl groups is 1. The minimum Gasteiger partial charge on any atom is -0.494 e. The SMILES string of the molecule is Cc1ccc2c(O)n(C34CC5CC(CC(NC(=O)c6ccc(F)cn6)(C5)C3)C4)cc2n1. The lowest BCUT2D eigenvalue weighted by molar-refractivity contribution is -0.0708. The second kappa shape index (κ2) is 6.28. The summed E-state index contributed by atoms with van der Waals surface area (Å²) in [7, 11) is 0. The highest BCUT2D eigenvalue weighted by Gasteiger charge is 2.59. The molecule has 6 nitrogen and oxygen atoms in total. The second-order valence-corrected chi connectivity index (χ2v) is 9.99. The summed E-state index contributed by atoms with van der Waals surface area (Å²) < 4.78 is 15.3. The third kappa shape index (κ3) is 2.86. The fourth-order valence-electron chi connectivity index (χ4n) is 7.00. The molecule has 7 heteroatoms. The number of fused-ring (bicyclic) bond motifs is 1. The number of nitrogens with one attached hydrogen (secondary N) is 1. The molecule has 4 bridgehead atoms. The van der Waals surface area contributed by atoms with E-state index in [9.17, 15) is 14.3 Å². The van der Waals surface area contributed by atoms with Crippen molar-refractivity contribution >= 4 is 16.8 Å². The lowest BCUT2D eigenvalue weighted by atomic mass is 9.49. The van der Waals surface area contributed by atoms with E-state index in [2.05, 4.69) is 15.3 Å². The Labute approximate surface area is 179 Å². The summed E-state index contributed by atoms with van der Waals surface area (Å²) in [5, 5.41) is 15.2. The Morgan fingerprint density at radius 3 is 2.68 bits per heavy atom. The molecular formula is C24H25FN4O2. The maximum Gasteiger partial charge on any atom is 0.270 e. The van der Waals surface area contributed by atoms with E-state index in [0.29, 0.717) is 11.8 Å². The molecule has 2 unspecified atom stereocenters. The van der Waals surface area contributed by atoms with Crippen molar-refractivity contribution in [2.75, 3.05) is 0 Å². The van der Waals surface area contributed by atoms with Gasteiger partial charge in [0.05, 0.1) is 22.6 Å². The van der Waals surface area contributed by atoms with Gasteiger partial charge in [0, 0.05) is 17.4 Å². The zero-order valence-electron chi connectivity index (χ0n) is 17.4. The van der Waals surface area contributed by atoms with Crippen LogP contribution in [0.2, 0.25) is 0 Å². The monoisotopic (exact) mass is 420 g/mol. The fraction of sp³-hybridized carbons (Fsp3) is 0.458. The molecule has 4 aliphatic carbocycles. The number of rotatable bonds is 3. The highest BCUT2D eigenvalue weighted by atomic mass is 19.1. The number of pyridine rings is 2. The van der Waals surface area contributed by atoms with Crippen LogP contribution < -0.4 is 5.32 Å². The Balaban J connectivity index is 1.38. The van der Waals surface area contributed by atoms with Crippen molar-refractivity contribution in [1.29, 1.82) is 0 Å². The van der Waals surface area contributed by atoms with Crippen molar-refractivity contribution in [3.05, 3.63) is 53.9 Å². The molecule has 0 radical (unpaired) electrons. The first-order chi connectivity index (χ1) is 14.8. The summed E-state index contributed by atoms with van der Waals surface area (Å²) in [4.78, 5) is 21.5. The van der Waals surface area contributed by atoms with Crippen LogP contribution in [0, 0.1) is 24.6 Å². The molecule has 31 heavy (non-hydrogen) atoms. The molecule has 3 heterocycles. The van der Waals surface area contributed by atoms with Crippen LogP contribution in [0.25, 0.3) is 10.9 Å². The third-order valence-corrected chi connectivity index (χ3v) is 7.66. The summed E-state index contributed by atoms with van der Waals surface area (Å²) in [5.74, 6) is 0.566. The van der Waals surface area contributed by atoms with E-state index < -0.39 is 5.82 Å². The maximum absolute atomic E-state index is 13.2. The van der Waals surface area contributed by atoms with Gasteiger partial charge in [-0.2, -0.15) is 0 Å². The van der Waals surface area contributed by atoms with Crippen LogP contribution in [-0.4, -0.2) is 31.1 Å². The lowest BCUT2D eigenvalue weighted by Gasteiger charge is -2.62. The molecule has 3 aromatic heterocycles. The van der Waals surface area contributed by atoms with Crippen LogP contribution >= 0.6 is 0 Å². The first-order valence-corrected chi connectivity index (χ1v) is 11.0. The highest BCUT2D eigenvalue weighted by molar-refractivity contribution is 5.92. The van der Waals surface area contributed by atoms with Crippen molar-refractivity contribution in [2.45, 2.75) is 56.5 Å². The zero-order valence-corrected chi connectivity index (χ0v) is 17.4. The van der Waals surface area contributed by atoms with E-state index in [0.717, 1.165) is 54.9 Å². The number of carbonyl (C=O) groups excluding carboxylic acids is 1. The number of hydrogen-bond acceptors (Lipinski definition) is 4. The summed E-state index contributed by atoms with van der Waals surface area (Å²) >= 11 is 0. The van der Waals surface area contributed by atoms with Gasteiger partial charge in [0.2, 0.25) is 5.88 Å². The van der Waals surface area contributed by atoms with Crippen molar-refractivity contribution in [1.82, 2.24) is 19.9 Å². The van der Waals surface area contributed by atoms with Crippen LogP contribution in [0.5, 0.6) is 5.88 Å². The van der Waals surface area contributed by atoms with Crippen molar-refractivity contribution in [3.8, 4) is 5.88 Å². The quantitative estimate of drug-likeness (QED) is 0.670. The topological polar surface area (TPSA) is 80.0 Å². The summed E-state index contributed by atoms with van der Waals surface area (Å²) in [6, 6.07) is 6.55. The molecule has 0 saturated heterocycles. The number of nitrogens with zero attached hydrogens (tertiary/aromatic N) is 3. The Morgan fingerprint density at radius 1 is 1.19 bits per heavy atom. The Bertz CT molecular complexity index is 1190. The third-order valence-electron chi connectivity index (χ3n) is 7.66. The van der Waals surface area contributed by atoms with Crippen LogP contribution in [0.4, 0.5) is 4.39 Å². The normalized spacial score (nSPS) is 31.3. The van der Waals surface area contributed by atoms with Gasteiger partial charge in [-0.25, -0.2) is 9.37 Å². The van der Waals surface area contributed by atoms with E-state index in [1.165, 1.54) is 18.6 Å². The Kier molecular flexibility index (Phi) is 3.80. The van der Waals surface area contributed by atoms with Crippen LogP contribution in [-0.2, 0) is 5.54 Å². The largest absolute Gasteiger partial charge is 0.494 e. The van der Waals surface area contributed by atoms with E-state index in [4.69, 9.17) is 0 Å². The molecular weight excluding hydrogens is 395 g/mol. The number of aryl methyl sites for hydroxylation is 1. The average molecular weight is 420 g/mol. The van der Waals surface area contributed by atoms with Crippen molar-refractivity contribution in [3.63, 3.8) is 0 Å². The molecule has 0 spiro atoms. The molecule has 4 aliphatic rings. The number of amides is 1. The summed E-state index contributed by atoms with van der Waals surface area (Å²) in [5.41, 5.74) is 1.41. The molecule has 4 saturated carbocycles. The van der Waals surface area contributed by atoms with Crippen molar-refractivity contribution < 1.29 is 14.3 Å². The van der Waals surface area contributed by atoms with E-state index in [1.807, 2.05) is 29.8 Å². The molecule has 160 valence electrons. The smallest absolute Gasteiger partial charge is 0.270 e. The first kappa shape index (κ1) is 18.8. The molecule has 7 rings (SSSR count). The molecule has 2 N–H and O–H groups in total. The minimum atomic E-state index is -0.454. The highest BCUT2D eigenvalue weighted by Crippen LogP contribution is 2.61. The van der Waals surface area contributed by atoms with Crippen LogP contribution in [0.15, 0.2) is 36.7 Å². The van der Waals surface area contributed by atoms with Gasteiger partial charge in [-0.3, -0.25) is 9.78 Å². The number of carbonyl (C=O) groups is 1. The van der Waals surface area contributed by atoms with E-state index in [1.54, 1.807) is 0 Å². The predicted octanol–water partition coefficient (Wildman–Crippen LogP) is 4.06. The fourth-order valence-corrected chi connectivity index (χ4v) is 7.00. The molecule has 2 atom stereocenters.